The first kappa shape index (κ1) is 21.9. The van der Waals surface area contributed by atoms with Gasteiger partial charge in [-0.05, 0) is 25.0 Å². The fourth-order valence-corrected chi connectivity index (χ4v) is 3.04. The molecule has 0 aliphatic carbocycles. The molecule has 0 fully saturated rings. The molecule has 0 heterocycles. The number of rotatable bonds is 8. The van der Waals surface area contributed by atoms with Crippen LogP contribution in [0.15, 0.2) is 48.5 Å². The van der Waals surface area contributed by atoms with E-state index >= 15 is 0 Å². The van der Waals surface area contributed by atoms with E-state index in [1.54, 1.807) is 19.2 Å². The molecule has 2 aromatic rings. The topological polar surface area (TPSA) is 98.7 Å². The van der Waals surface area contributed by atoms with Crippen molar-refractivity contribution >= 4 is 17.9 Å². The molecule has 2 rings (SSSR count). The Hall–Kier alpha value is -3.35. The second kappa shape index (κ2) is 10.3. The Balaban J connectivity index is 1.84. The van der Waals surface area contributed by atoms with Gasteiger partial charge in [0.1, 0.15) is 0 Å². The molecule has 1 unspecified atom stereocenters. The molecule has 0 radical (unpaired) electrons. The molecule has 0 aromatic heterocycles. The number of amides is 3. The van der Waals surface area contributed by atoms with Crippen molar-refractivity contribution in [2.24, 2.45) is 0 Å². The van der Waals surface area contributed by atoms with Crippen molar-refractivity contribution in [1.29, 1.82) is 0 Å². The summed E-state index contributed by atoms with van der Waals surface area (Å²) in [4.78, 5) is 37.5. The number of hydrogen-bond acceptors (Lipinski definition) is 3. The minimum Gasteiger partial charge on any atom is -0.479 e. The maximum Gasteiger partial charge on any atom is 0.330 e. The predicted molar refractivity (Wildman–Crippen MR) is 110 cm³/mol. The Labute approximate surface area is 170 Å². The summed E-state index contributed by atoms with van der Waals surface area (Å²) in [5, 5.41) is 14.7. The van der Waals surface area contributed by atoms with Crippen molar-refractivity contribution in [2.45, 2.75) is 32.9 Å². The molecule has 0 aliphatic heterocycles. The molecular weight excluding hydrogens is 370 g/mol. The van der Waals surface area contributed by atoms with Gasteiger partial charge in [0.15, 0.2) is 6.04 Å². The third-order valence-electron chi connectivity index (χ3n) is 4.37. The summed E-state index contributed by atoms with van der Waals surface area (Å²) in [6.07, 6.45) is -0.0144. The maximum absolute atomic E-state index is 12.2. The zero-order chi connectivity index (χ0) is 21.4. The van der Waals surface area contributed by atoms with Crippen LogP contribution in [-0.4, -0.2) is 41.5 Å². The van der Waals surface area contributed by atoms with Crippen LogP contribution in [0.2, 0.25) is 0 Å². The Kier molecular flexibility index (Phi) is 7.77. The van der Waals surface area contributed by atoms with Crippen LogP contribution in [0.25, 0.3) is 0 Å². The third-order valence-corrected chi connectivity index (χ3v) is 4.37. The summed E-state index contributed by atoms with van der Waals surface area (Å²) in [7, 11) is 1.67. The van der Waals surface area contributed by atoms with Gasteiger partial charge in [-0.15, -0.1) is 0 Å². The van der Waals surface area contributed by atoms with Crippen molar-refractivity contribution in [3.63, 3.8) is 0 Å². The van der Waals surface area contributed by atoms with E-state index in [-0.39, 0.29) is 19.0 Å². The fourth-order valence-electron chi connectivity index (χ4n) is 3.04. The van der Waals surface area contributed by atoms with Crippen molar-refractivity contribution < 1.29 is 19.5 Å². The molecule has 0 aliphatic rings. The molecule has 0 saturated heterocycles. The van der Waals surface area contributed by atoms with Gasteiger partial charge in [-0.2, -0.15) is 0 Å². The zero-order valence-corrected chi connectivity index (χ0v) is 16.9. The number of aryl methyl sites for hydroxylation is 2. The van der Waals surface area contributed by atoms with Gasteiger partial charge in [-0.3, -0.25) is 4.79 Å². The lowest BCUT2D eigenvalue weighted by Crippen LogP contribution is -2.40. The quantitative estimate of drug-likeness (QED) is 0.638. The van der Waals surface area contributed by atoms with Crippen LogP contribution in [0.4, 0.5) is 4.79 Å². The van der Waals surface area contributed by atoms with E-state index < -0.39 is 17.9 Å². The van der Waals surface area contributed by atoms with Gasteiger partial charge >= 0.3 is 12.0 Å². The Morgan fingerprint density at radius 2 is 1.66 bits per heavy atom. The lowest BCUT2D eigenvalue weighted by atomic mass is 10.0. The Morgan fingerprint density at radius 1 is 1.03 bits per heavy atom. The molecule has 7 nitrogen and oxygen atoms in total. The smallest absolute Gasteiger partial charge is 0.330 e. The minimum absolute atomic E-state index is 0.0144. The fraction of sp³-hybridized carbons (Fsp3) is 0.318. The Bertz CT molecular complexity index is 847. The highest BCUT2D eigenvalue weighted by Crippen LogP contribution is 2.17. The number of carbonyl (C=O) groups is 3. The lowest BCUT2D eigenvalue weighted by molar-refractivity contribution is -0.142. The van der Waals surface area contributed by atoms with E-state index in [4.69, 9.17) is 0 Å². The molecule has 1 atom stereocenters. The average Bonchev–Trinajstić information content (AvgIpc) is 2.65. The van der Waals surface area contributed by atoms with E-state index in [0.29, 0.717) is 12.1 Å². The highest BCUT2D eigenvalue weighted by atomic mass is 16.4. The van der Waals surface area contributed by atoms with Crippen molar-refractivity contribution in [3.05, 3.63) is 70.8 Å². The first-order valence-corrected chi connectivity index (χ1v) is 9.39. The number of nitrogens with zero attached hydrogens (tertiary/aromatic N) is 1. The van der Waals surface area contributed by atoms with Gasteiger partial charge in [0.2, 0.25) is 5.91 Å². The molecular formula is C22H27N3O4. The standard InChI is InChI=1S/C22H27N3O4/c1-15-11-16(2)13-18(12-15)20(21(27)28)24-19(26)9-10-23-22(29)25(3)14-17-7-5-4-6-8-17/h4-8,11-13,20H,9-10,14H2,1-3H3,(H,23,29)(H,24,26)(H,27,28). The van der Waals surface area contributed by atoms with Crippen LogP contribution >= 0.6 is 0 Å². The van der Waals surface area contributed by atoms with Crippen molar-refractivity contribution in [2.75, 3.05) is 13.6 Å². The summed E-state index contributed by atoms with van der Waals surface area (Å²) in [6.45, 7) is 4.31. The first-order chi connectivity index (χ1) is 13.8. The molecule has 154 valence electrons. The number of benzene rings is 2. The third kappa shape index (κ3) is 6.95. The highest BCUT2D eigenvalue weighted by Gasteiger charge is 2.22. The van der Waals surface area contributed by atoms with Gasteiger partial charge in [0, 0.05) is 26.6 Å². The van der Waals surface area contributed by atoms with Crippen LogP contribution in [0.3, 0.4) is 0 Å². The molecule has 7 heteroatoms. The molecule has 3 N–H and O–H groups in total. The normalized spacial score (nSPS) is 11.4. The number of carboxylic acid groups (broad SMARTS) is 1. The molecule has 0 saturated carbocycles. The largest absolute Gasteiger partial charge is 0.479 e. The minimum atomic E-state index is -1.13. The molecule has 2 aromatic carbocycles. The van der Waals surface area contributed by atoms with Gasteiger partial charge in [0.05, 0.1) is 0 Å². The van der Waals surface area contributed by atoms with Crippen LogP contribution in [0, 0.1) is 13.8 Å². The predicted octanol–water partition coefficient (Wildman–Crippen LogP) is 2.78. The number of urea groups is 1. The second-order valence-electron chi connectivity index (χ2n) is 7.08. The van der Waals surface area contributed by atoms with E-state index in [9.17, 15) is 19.5 Å². The van der Waals surface area contributed by atoms with Crippen LogP contribution in [-0.2, 0) is 16.1 Å². The highest BCUT2D eigenvalue weighted by molar-refractivity contribution is 5.85. The molecule has 0 spiro atoms. The summed E-state index contributed by atoms with van der Waals surface area (Å²) in [6, 6.07) is 13.6. The number of hydrogen-bond donors (Lipinski definition) is 3. The van der Waals surface area contributed by atoms with Gasteiger partial charge in [-0.25, -0.2) is 9.59 Å². The van der Waals surface area contributed by atoms with E-state index in [2.05, 4.69) is 10.6 Å². The van der Waals surface area contributed by atoms with E-state index in [1.807, 2.05) is 50.2 Å². The average molecular weight is 397 g/mol. The SMILES string of the molecule is Cc1cc(C)cc(C(NC(=O)CCNC(=O)N(C)Cc2ccccc2)C(=O)O)c1. The monoisotopic (exact) mass is 397 g/mol. The number of carbonyl (C=O) groups excluding carboxylic acids is 2. The van der Waals surface area contributed by atoms with Crippen molar-refractivity contribution in [3.8, 4) is 0 Å². The number of carboxylic acids is 1. The van der Waals surface area contributed by atoms with Gasteiger partial charge in [0.25, 0.3) is 0 Å². The van der Waals surface area contributed by atoms with E-state index in [0.717, 1.165) is 16.7 Å². The maximum atomic E-state index is 12.2. The first-order valence-electron chi connectivity index (χ1n) is 9.39. The Morgan fingerprint density at radius 3 is 2.24 bits per heavy atom. The van der Waals surface area contributed by atoms with Gasteiger partial charge < -0.3 is 20.6 Å². The summed E-state index contributed by atoms with van der Waals surface area (Å²) in [5.41, 5.74) is 3.37. The van der Waals surface area contributed by atoms with Crippen molar-refractivity contribution in [1.82, 2.24) is 15.5 Å². The summed E-state index contributed by atoms with van der Waals surface area (Å²) in [5.74, 6) is -1.57. The molecule has 3 amide bonds. The van der Waals surface area contributed by atoms with Crippen LogP contribution in [0.1, 0.15) is 34.7 Å². The number of nitrogens with one attached hydrogen (secondary N) is 2. The summed E-state index contributed by atoms with van der Waals surface area (Å²) < 4.78 is 0. The van der Waals surface area contributed by atoms with E-state index in [1.165, 1.54) is 4.90 Å². The summed E-state index contributed by atoms with van der Waals surface area (Å²) >= 11 is 0. The second-order valence-corrected chi connectivity index (χ2v) is 7.08. The van der Waals surface area contributed by atoms with Crippen LogP contribution in [0.5, 0.6) is 0 Å². The lowest BCUT2D eigenvalue weighted by Gasteiger charge is -2.19. The molecule has 0 bridgehead atoms. The van der Waals surface area contributed by atoms with Crippen LogP contribution < -0.4 is 10.6 Å². The zero-order valence-electron chi connectivity index (χ0n) is 16.9. The number of aliphatic carboxylic acids is 1. The molecule has 29 heavy (non-hydrogen) atoms. The van der Waals surface area contributed by atoms with Gasteiger partial charge in [-0.1, -0.05) is 59.7 Å².